The highest BCUT2D eigenvalue weighted by molar-refractivity contribution is 5.84. The van der Waals surface area contributed by atoms with E-state index in [0.29, 0.717) is 19.2 Å². The van der Waals surface area contributed by atoms with Crippen LogP contribution in [0.15, 0.2) is 24.3 Å². The summed E-state index contributed by atoms with van der Waals surface area (Å²) in [5.41, 5.74) is 1.25. The van der Waals surface area contributed by atoms with Crippen LogP contribution in [0.5, 0.6) is 5.75 Å². The molecule has 2 aliphatic rings. The molecule has 1 fully saturated rings. The fourth-order valence-electron chi connectivity index (χ4n) is 3.18. The molecule has 3 atom stereocenters. The highest BCUT2D eigenvalue weighted by atomic mass is 16.5. The molecule has 4 heteroatoms. The van der Waals surface area contributed by atoms with Crippen molar-refractivity contribution in [1.29, 1.82) is 0 Å². The zero-order valence-electron chi connectivity index (χ0n) is 12.1. The van der Waals surface area contributed by atoms with Gasteiger partial charge in [-0.1, -0.05) is 18.2 Å². The smallest absolute Gasteiger partial charge is 0.224 e. The van der Waals surface area contributed by atoms with E-state index in [9.17, 15) is 4.79 Å². The summed E-state index contributed by atoms with van der Waals surface area (Å²) in [5.74, 6) is 1.25. The molecule has 1 amide bonds. The van der Waals surface area contributed by atoms with E-state index in [-0.39, 0.29) is 17.2 Å². The van der Waals surface area contributed by atoms with Crippen molar-refractivity contribution in [1.82, 2.24) is 10.6 Å². The number of para-hydroxylation sites is 1. The normalized spacial score (nSPS) is 28.4. The van der Waals surface area contributed by atoms with Crippen LogP contribution >= 0.6 is 0 Å². The lowest BCUT2D eigenvalue weighted by Crippen LogP contribution is -2.39. The lowest BCUT2D eigenvalue weighted by Gasteiger charge is -2.26. The first-order valence-corrected chi connectivity index (χ1v) is 7.34. The maximum Gasteiger partial charge on any atom is 0.224 e. The number of carbonyl (C=O) groups is 1. The van der Waals surface area contributed by atoms with Gasteiger partial charge in [-0.15, -0.1) is 0 Å². The molecule has 0 aromatic heterocycles. The van der Waals surface area contributed by atoms with Crippen LogP contribution < -0.4 is 15.4 Å². The van der Waals surface area contributed by atoms with Crippen molar-refractivity contribution < 1.29 is 9.53 Å². The highest BCUT2D eigenvalue weighted by Crippen LogP contribution is 2.60. The van der Waals surface area contributed by atoms with Crippen LogP contribution in [-0.2, 0) is 10.2 Å². The fourth-order valence-corrected chi connectivity index (χ4v) is 3.18. The maximum atomic E-state index is 12.3. The van der Waals surface area contributed by atoms with Gasteiger partial charge in [-0.3, -0.25) is 4.79 Å². The second-order valence-electron chi connectivity index (χ2n) is 5.94. The molecule has 1 aliphatic carbocycles. The number of benzene rings is 1. The minimum absolute atomic E-state index is 0.0296. The second-order valence-corrected chi connectivity index (χ2v) is 5.94. The first kappa shape index (κ1) is 13.4. The fraction of sp³-hybridized carbons (Fsp3) is 0.562. The van der Waals surface area contributed by atoms with Crippen molar-refractivity contribution in [2.75, 3.05) is 20.2 Å². The Morgan fingerprint density at radius 2 is 2.30 bits per heavy atom. The van der Waals surface area contributed by atoms with Crippen molar-refractivity contribution in [3.8, 4) is 5.75 Å². The lowest BCUT2D eigenvalue weighted by atomic mass is 9.87. The molecule has 20 heavy (non-hydrogen) atoms. The Hall–Kier alpha value is -1.55. The van der Waals surface area contributed by atoms with E-state index in [1.165, 1.54) is 5.56 Å². The summed E-state index contributed by atoms with van der Waals surface area (Å²) in [6.45, 7) is 3.46. The summed E-state index contributed by atoms with van der Waals surface area (Å²) in [6.07, 6.45) is 1.90. The molecule has 4 nitrogen and oxygen atoms in total. The van der Waals surface area contributed by atoms with Crippen LogP contribution in [0.4, 0.5) is 0 Å². The van der Waals surface area contributed by atoms with Gasteiger partial charge >= 0.3 is 0 Å². The number of ether oxygens (including phenoxy) is 1. The highest BCUT2D eigenvalue weighted by Gasteiger charge is 2.60. The van der Waals surface area contributed by atoms with Gasteiger partial charge in [-0.25, -0.2) is 0 Å². The van der Waals surface area contributed by atoms with E-state index < -0.39 is 0 Å². The summed E-state index contributed by atoms with van der Waals surface area (Å²) in [4.78, 5) is 12.3. The quantitative estimate of drug-likeness (QED) is 0.874. The van der Waals surface area contributed by atoms with Crippen molar-refractivity contribution in [2.24, 2.45) is 5.92 Å². The van der Waals surface area contributed by atoms with Gasteiger partial charge in [0.1, 0.15) is 5.75 Å². The molecule has 0 bridgehead atoms. The van der Waals surface area contributed by atoms with Gasteiger partial charge in [0.05, 0.1) is 6.61 Å². The molecule has 3 rings (SSSR count). The number of hydrogen-bond acceptors (Lipinski definition) is 3. The van der Waals surface area contributed by atoms with E-state index in [2.05, 4.69) is 23.6 Å². The number of amides is 1. The van der Waals surface area contributed by atoms with E-state index >= 15 is 0 Å². The van der Waals surface area contributed by atoms with Crippen molar-refractivity contribution >= 4 is 5.91 Å². The predicted octanol–water partition coefficient (Wildman–Crippen LogP) is 1.45. The minimum Gasteiger partial charge on any atom is -0.493 e. The van der Waals surface area contributed by atoms with Gasteiger partial charge in [0.25, 0.3) is 0 Å². The number of hydrogen-bond donors (Lipinski definition) is 2. The molecule has 1 saturated carbocycles. The molecule has 1 heterocycles. The topological polar surface area (TPSA) is 50.4 Å². The molecule has 1 aromatic rings. The molecule has 1 spiro atoms. The zero-order valence-corrected chi connectivity index (χ0v) is 12.1. The average Bonchev–Trinajstić information content (AvgIpc) is 3.20. The Morgan fingerprint density at radius 1 is 1.50 bits per heavy atom. The molecule has 1 aromatic carbocycles. The predicted molar refractivity (Wildman–Crippen MR) is 77.9 cm³/mol. The Labute approximate surface area is 119 Å². The minimum atomic E-state index is 0.0296. The standard InChI is InChI=1S/C16H22N2O2/c1-11(17-2)10-18-15(19)13-9-16(13)7-8-20-14-6-4-3-5-12(14)16/h3-6,11,13,17H,7-10H2,1-2H3,(H,18,19). The number of rotatable bonds is 4. The van der Waals surface area contributed by atoms with Crippen molar-refractivity contribution in [3.05, 3.63) is 29.8 Å². The maximum absolute atomic E-state index is 12.3. The van der Waals surface area contributed by atoms with Gasteiger partial charge in [0.2, 0.25) is 5.91 Å². The van der Waals surface area contributed by atoms with Crippen LogP contribution in [0.1, 0.15) is 25.3 Å². The summed E-state index contributed by atoms with van der Waals surface area (Å²) >= 11 is 0. The monoisotopic (exact) mass is 274 g/mol. The molecule has 0 saturated heterocycles. The molecule has 1 aliphatic heterocycles. The Morgan fingerprint density at radius 3 is 3.10 bits per heavy atom. The van der Waals surface area contributed by atoms with Gasteiger partial charge in [-0.05, 0) is 32.9 Å². The first-order chi connectivity index (χ1) is 9.67. The molecule has 2 N–H and O–H groups in total. The Balaban J connectivity index is 1.70. The SMILES string of the molecule is CNC(C)CNC(=O)C1CC12CCOc1ccccc12. The number of likely N-dealkylation sites (N-methyl/N-ethyl adjacent to an activating group) is 1. The third kappa shape index (κ3) is 2.18. The van der Waals surface area contributed by atoms with E-state index in [1.807, 2.05) is 25.2 Å². The summed E-state index contributed by atoms with van der Waals surface area (Å²) in [7, 11) is 1.91. The van der Waals surface area contributed by atoms with Gasteiger partial charge < -0.3 is 15.4 Å². The second kappa shape index (κ2) is 5.09. The number of fused-ring (bicyclic) bond motifs is 2. The van der Waals surface area contributed by atoms with Crippen LogP contribution in [-0.4, -0.2) is 32.1 Å². The molecular weight excluding hydrogens is 252 g/mol. The summed E-state index contributed by atoms with van der Waals surface area (Å²) in [6, 6.07) is 8.44. The largest absolute Gasteiger partial charge is 0.493 e. The third-order valence-electron chi connectivity index (χ3n) is 4.70. The van der Waals surface area contributed by atoms with Crippen molar-refractivity contribution in [3.63, 3.8) is 0 Å². The van der Waals surface area contributed by atoms with E-state index in [4.69, 9.17) is 4.74 Å². The van der Waals surface area contributed by atoms with Crippen LogP contribution in [0.3, 0.4) is 0 Å². The number of carbonyl (C=O) groups excluding carboxylic acids is 1. The van der Waals surface area contributed by atoms with Gasteiger partial charge in [0, 0.05) is 29.5 Å². The van der Waals surface area contributed by atoms with Crippen LogP contribution in [0.25, 0.3) is 0 Å². The molecule has 0 radical (unpaired) electrons. The van der Waals surface area contributed by atoms with Crippen molar-refractivity contribution in [2.45, 2.75) is 31.2 Å². The van der Waals surface area contributed by atoms with Crippen LogP contribution in [0.2, 0.25) is 0 Å². The van der Waals surface area contributed by atoms with Gasteiger partial charge in [-0.2, -0.15) is 0 Å². The lowest BCUT2D eigenvalue weighted by molar-refractivity contribution is -0.122. The van der Waals surface area contributed by atoms with Crippen LogP contribution in [0, 0.1) is 5.92 Å². The molecule has 108 valence electrons. The summed E-state index contributed by atoms with van der Waals surface area (Å²) < 4.78 is 5.70. The molecule has 3 unspecified atom stereocenters. The number of nitrogens with one attached hydrogen (secondary N) is 2. The Kier molecular flexibility index (Phi) is 3.42. The zero-order chi connectivity index (χ0) is 14.2. The first-order valence-electron chi connectivity index (χ1n) is 7.34. The van der Waals surface area contributed by atoms with E-state index in [0.717, 1.165) is 18.6 Å². The Bertz CT molecular complexity index is 517. The average molecular weight is 274 g/mol. The molecular formula is C16H22N2O2. The van der Waals surface area contributed by atoms with Gasteiger partial charge in [0.15, 0.2) is 0 Å². The summed E-state index contributed by atoms with van der Waals surface area (Å²) in [5, 5.41) is 6.19. The third-order valence-corrected chi connectivity index (χ3v) is 4.70. The van der Waals surface area contributed by atoms with E-state index in [1.54, 1.807) is 0 Å².